The summed E-state index contributed by atoms with van der Waals surface area (Å²) < 4.78 is 0. The maximum Gasteiger partial charge on any atom is 0.180 e. The number of ketones is 2. The minimum absolute atomic E-state index is 0.187. The highest BCUT2D eigenvalue weighted by Gasteiger charge is 2.41. The van der Waals surface area contributed by atoms with Crippen LogP contribution in [0.2, 0.25) is 0 Å². The molecule has 0 bridgehead atoms. The highest BCUT2D eigenvalue weighted by Crippen LogP contribution is 2.34. The van der Waals surface area contributed by atoms with Crippen LogP contribution in [0.1, 0.15) is 38.0 Å². The first-order chi connectivity index (χ1) is 10.7. The molecule has 1 aliphatic carbocycles. The molecule has 0 aliphatic heterocycles. The summed E-state index contributed by atoms with van der Waals surface area (Å²) >= 11 is 0. The molecule has 0 saturated heterocycles. The van der Waals surface area contributed by atoms with Crippen LogP contribution in [0.3, 0.4) is 0 Å². The summed E-state index contributed by atoms with van der Waals surface area (Å²) in [6.45, 7) is 1.79. The van der Waals surface area contributed by atoms with Crippen LogP contribution in [-0.2, 0) is 0 Å². The average molecular weight is 288 g/mol. The van der Waals surface area contributed by atoms with Gasteiger partial charge in [-0.25, -0.2) is 9.97 Å². The molecule has 0 amide bonds. The van der Waals surface area contributed by atoms with Crippen molar-refractivity contribution in [2.24, 2.45) is 0 Å². The van der Waals surface area contributed by atoms with E-state index in [2.05, 4.69) is 9.97 Å². The third-order valence-electron chi connectivity index (χ3n) is 4.04. The Balaban J connectivity index is 1.92. The van der Waals surface area contributed by atoms with Gasteiger partial charge in [0.25, 0.3) is 0 Å². The first-order valence-electron chi connectivity index (χ1n) is 7.07. The Morgan fingerprint density at radius 2 is 1.27 bits per heavy atom. The number of aromatic nitrogens is 2. The SMILES string of the molecule is Cc1nc2ccccc2nc1C1C(=O)c2ccccc2C1=O. The Morgan fingerprint density at radius 3 is 1.86 bits per heavy atom. The van der Waals surface area contributed by atoms with Crippen molar-refractivity contribution >= 4 is 22.6 Å². The van der Waals surface area contributed by atoms with Crippen LogP contribution in [0, 0.1) is 6.92 Å². The van der Waals surface area contributed by atoms with Crippen LogP contribution in [-0.4, -0.2) is 21.5 Å². The quantitative estimate of drug-likeness (QED) is 0.646. The van der Waals surface area contributed by atoms with Gasteiger partial charge in [0.1, 0.15) is 5.92 Å². The molecule has 1 heterocycles. The molecule has 0 N–H and O–H groups in total. The molecule has 106 valence electrons. The van der Waals surface area contributed by atoms with Gasteiger partial charge >= 0.3 is 0 Å². The van der Waals surface area contributed by atoms with E-state index in [-0.39, 0.29) is 11.6 Å². The molecule has 3 aromatic rings. The molecule has 4 nitrogen and oxygen atoms in total. The third-order valence-corrected chi connectivity index (χ3v) is 4.04. The van der Waals surface area contributed by atoms with Gasteiger partial charge in [-0.3, -0.25) is 9.59 Å². The molecule has 22 heavy (non-hydrogen) atoms. The predicted molar refractivity (Wildman–Crippen MR) is 82.1 cm³/mol. The number of aryl methyl sites for hydroxylation is 1. The lowest BCUT2D eigenvalue weighted by atomic mass is 9.97. The summed E-state index contributed by atoms with van der Waals surface area (Å²) in [6, 6.07) is 14.4. The number of para-hydroxylation sites is 2. The second kappa shape index (κ2) is 4.56. The summed E-state index contributed by atoms with van der Waals surface area (Å²) in [4.78, 5) is 34.2. The monoisotopic (exact) mass is 288 g/mol. The van der Waals surface area contributed by atoms with E-state index in [4.69, 9.17) is 0 Å². The van der Waals surface area contributed by atoms with Gasteiger partial charge in [0, 0.05) is 11.1 Å². The fraction of sp³-hybridized carbons (Fsp3) is 0.111. The van der Waals surface area contributed by atoms with Gasteiger partial charge in [0.15, 0.2) is 11.6 Å². The molecule has 0 radical (unpaired) electrons. The van der Waals surface area contributed by atoms with Gasteiger partial charge in [-0.05, 0) is 19.1 Å². The van der Waals surface area contributed by atoms with Gasteiger partial charge in [0.2, 0.25) is 0 Å². The number of carbonyl (C=O) groups excluding carboxylic acids is 2. The van der Waals surface area contributed by atoms with Crippen molar-refractivity contribution in [2.45, 2.75) is 12.8 Å². The molecule has 4 rings (SSSR count). The number of nitrogens with zero attached hydrogens (tertiary/aromatic N) is 2. The molecular formula is C18H12N2O2. The van der Waals surface area contributed by atoms with E-state index in [0.29, 0.717) is 28.0 Å². The summed E-state index contributed by atoms with van der Waals surface area (Å²) in [7, 11) is 0. The molecule has 0 spiro atoms. The molecule has 1 aromatic heterocycles. The minimum Gasteiger partial charge on any atom is -0.293 e. The van der Waals surface area contributed by atoms with Crippen molar-refractivity contribution in [1.82, 2.24) is 9.97 Å². The Kier molecular flexibility index (Phi) is 2.66. The van der Waals surface area contributed by atoms with Gasteiger partial charge in [-0.15, -0.1) is 0 Å². The normalized spacial score (nSPS) is 14.6. The van der Waals surface area contributed by atoms with Crippen molar-refractivity contribution in [3.05, 3.63) is 71.0 Å². The van der Waals surface area contributed by atoms with Crippen LogP contribution in [0.25, 0.3) is 11.0 Å². The Bertz CT molecular complexity index is 912. The summed E-state index contributed by atoms with van der Waals surface area (Å²) in [6.07, 6.45) is 0. The summed E-state index contributed by atoms with van der Waals surface area (Å²) in [5, 5.41) is 0. The number of benzene rings is 2. The maximum absolute atomic E-state index is 12.6. The summed E-state index contributed by atoms with van der Waals surface area (Å²) in [5.74, 6) is -1.24. The highest BCUT2D eigenvalue weighted by molar-refractivity contribution is 6.29. The zero-order chi connectivity index (χ0) is 15.3. The van der Waals surface area contributed by atoms with Gasteiger partial charge in [0.05, 0.1) is 22.4 Å². The van der Waals surface area contributed by atoms with E-state index < -0.39 is 5.92 Å². The predicted octanol–water partition coefficient (Wildman–Crippen LogP) is 3.10. The van der Waals surface area contributed by atoms with E-state index >= 15 is 0 Å². The molecular weight excluding hydrogens is 276 g/mol. The number of hydrogen-bond acceptors (Lipinski definition) is 4. The van der Waals surface area contributed by atoms with E-state index in [1.165, 1.54) is 0 Å². The van der Waals surface area contributed by atoms with Crippen molar-refractivity contribution in [3.8, 4) is 0 Å². The second-order valence-corrected chi connectivity index (χ2v) is 5.39. The Morgan fingerprint density at radius 1 is 0.773 bits per heavy atom. The topological polar surface area (TPSA) is 59.9 Å². The summed E-state index contributed by atoms with van der Waals surface area (Å²) in [5.41, 5.74) is 3.50. The van der Waals surface area contributed by atoms with E-state index in [1.54, 1.807) is 31.2 Å². The third kappa shape index (κ3) is 1.70. The fourth-order valence-electron chi connectivity index (χ4n) is 2.97. The largest absolute Gasteiger partial charge is 0.293 e. The zero-order valence-electron chi connectivity index (χ0n) is 11.9. The van der Waals surface area contributed by atoms with Crippen LogP contribution in [0.4, 0.5) is 0 Å². The number of fused-ring (bicyclic) bond motifs is 2. The minimum atomic E-state index is -0.866. The van der Waals surface area contributed by atoms with E-state index in [1.807, 2.05) is 24.3 Å². The average Bonchev–Trinajstić information content (AvgIpc) is 2.79. The number of rotatable bonds is 1. The molecule has 0 fully saturated rings. The number of carbonyl (C=O) groups is 2. The van der Waals surface area contributed by atoms with Crippen LogP contribution in [0.5, 0.6) is 0 Å². The van der Waals surface area contributed by atoms with Crippen molar-refractivity contribution in [2.75, 3.05) is 0 Å². The lowest BCUT2D eigenvalue weighted by Gasteiger charge is -2.10. The maximum atomic E-state index is 12.6. The first kappa shape index (κ1) is 12.8. The highest BCUT2D eigenvalue weighted by atomic mass is 16.2. The van der Waals surface area contributed by atoms with Gasteiger partial charge in [-0.2, -0.15) is 0 Å². The fourth-order valence-corrected chi connectivity index (χ4v) is 2.97. The van der Waals surface area contributed by atoms with Gasteiger partial charge in [-0.1, -0.05) is 36.4 Å². The van der Waals surface area contributed by atoms with Crippen LogP contribution in [0.15, 0.2) is 48.5 Å². The van der Waals surface area contributed by atoms with Crippen molar-refractivity contribution in [1.29, 1.82) is 0 Å². The smallest absolute Gasteiger partial charge is 0.180 e. The molecule has 2 aromatic carbocycles. The molecule has 4 heteroatoms. The molecule has 0 unspecified atom stereocenters. The second-order valence-electron chi connectivity index (χ2n) is 5.39. The van der Waals surface area contributed by atoms with Crippen molar-refractivity contribution in [3.63, 3.8) is 0 Å². The zero-order valence-corrected chi connectivity index (χ0v) is 11.9. The lowest BCUT2D eigenvalue weighted by Crippen LogP contribution is -2.16. The van der Waals surface area contributed by atoms with E-state index in [9.17, 15) is 9.59 Å². The number of Topliss-reactive ketones (excluding diaryl/α,β-unsaturated/α-hetero) is 2. The first-order valence-corrected chi connectivity index (χ1v) is 7.07. The van der Waals surface area contributed by atoms with E-state index in [0.717, 1.165) is 5.52 Å². The molecule has 1 aliphatic rings. The number of hydrogen-bond donors (Lipinski definition) is 0. The van der Waals surface area contributed by atoms with Crippen LogP contribution < -0.4 is 0 Å². The molecule has 0 saturated carbocycles. The lowest BCUT2D eigenvalue weighted by molar-refractivity contribution is 0.0887. The Labute approximate surface area is 126 Å². The van der Waals surface area contributed by atoms with Crippen LogP contribution >= 0.6 is 0 Å². The molecule has 0 atom stereocenters. The van der Waals surface area contributed by atoms with Crippen molar-refractivity contribution < 1.29 is 9.59 Å². The Hall–Kier alpha value is -2.88. The standard InChI is InChI=1S/C18H12N2O2/c1-10-16(20-14-9-5-4-8-13(14)19-10)15-17(21)11-6-2-3-7-12(11)18(15)22/h2-9,15H,1H3. The van der Waals surface area contributed by atoms with Gasteiger partial charge < -0.3 is 0 Å².